The van der Waals surface area contributed by atoms with Crippen LogP contribution in [-0.4, -0.2) is 42.3 Å². The highest BCUT2D eigenvalue weighted by Gasteiger charge is 2.29. The summed E-state index contributed by atoms with van der Waals surface area (Å²) in [5, 5.41) is 11.2. The monoisotopic (exact) mass is 305 g/mol. The molecular weight excluding hydrogens is 294 g/mol. The summed E-state index contributed by atoms with van der Waals surface area (Å²) in [6, 6.07) is 1.33. The highest BCUT2D eigenvalue weighted by atomic mass is 79.9. The SMILES string of the molecule is O=C(O)C(c1cc(Br)cs1)N1CCOCC1. The number of carboxylic acid groups (broad SMARTS) is 1. The number of rotatable bonds is 3. The molecule has 0 aromatic carbocycles. The van der Waals surface area contributed by atoms with Gasteiger partial charge in [-0.05, 0) is 22.0 Å². The van der Waals surface area contributed by atoms with Gasteiger partial charge in [0.15, 0.2) is 0 Å². The molecule has 1 aromatic rings. The molecule has 1 aliphatic heterocycles. The smallest absolute Gasteiger partial charge is 0.326 e. The molecule has 1 atom stereocenters. The van der Waals surface area contributed by atoms with Crippen molar-refractivity contribution >= 4 is 33.2 Å². The highest BCUT2D eigenvalue weighted by molar-refractivity contribution is 9.10. The molecule has 6 heteroatoms. The molecule has 0 aliphatic carbocycles. The van der Waals surface area contributed by atoms with Crippen molar-refractivity contribution in [2.24, 2.45) is 0 Å². The lowest BCUT2D eigenvalue weighted by Gasteiger charge is -2.31. The maximum Gasteiger partial charge on any atom is 0.326 e. The molecule has 4 nitrogen and oxygen atoms in total. The number of halogens is 1. The first-order chi connectivity index (χ1) is 7.68. The number of hydrogen-bond donors (Lipinski definition) is 1. The normalized spacial score (nSPS) is 19.6. The summed E-state index contributed by atoms with van der Waals surface area (Å²) in [6.07, 6.45) is 0. The van der Waals surface area contributed by atoms with Gasteiger partial charge in [0.25, 0.3) is 0 Å². The lowest BCUT2D eigenvalue weighted by Crippen LogP contribution is -2.41. The van der Waals surface area contributed by atoms with Crippen molar-refractivity contribution in [2.45, 2.75) is 6.04 Å². The average molecular weight is 306 g/mol. The Morgan fingerprint density at radius 2 is 2.25 bits per heavy atom. The number of ether oxygens (including phenoxy) is 1. The van der Waals surface area contributed by atoms with Gasteiger partial charge in [-0.15, -0.1) is 11.3 Å². The summed E-state index contributed by atoms with van der Waals surface area (Å²) in [4.78, 5) is 14.1. The van der Waals surface area contributed by atoms with Gasteiger partial charge in [-0.3, -0.25) is 9.69 Å². The van der Waals surface area contributed by atoms with E-state index in [4.69, 9.17) is 4.74 Å². The summed E-state index contributed by atoms with van der Waals surface area (Å²) in [6.45, 7) is 2.56. The predicted octanol–water partition coefficient (Wildman–Crippen LogP) is 1.97. The molecule has 1 unspecified atom stereocenters. The van der Waals surface area contributed by atoms with E-state index in [0.29, 0.717) is 26.3 Å². The van der Waals surface area contributed by atoms with Gasteiger partial charge in [-0.2, -0.15) is 0 Å². The number of aliphatic carboxylic acids is 1. The fourth-order valence-corrected chi connectivity index (χ4v) is 3.33. The van der Waals surface area contributed by atoms with E-state index < -0.39 is 12.0 Å². The number of thiophene rings is 1. The Bertz CT molecular complexity index is 376. The zero-order valence-corrected chi connectivity index (χ0v) is 11.0. The van der Waals surface area contributed by atoms with Crippen LogP contribution in [-0.2, 0) is 9.53 Å². The van der Waals surface area contributed by atoms with Crippen LogP contribution < -0.4 is 0 Å². The highest BCUT2D eigenvalue weighted by Crippen LogP contribution is 2.30. The van der Waals surface area contributed by atoms with Crippen LogP contribution in [0, 0.1) is 0 Å². The van der Waals surface area contributed by atoms with Crippen LogP contribution in [0.25, 0.3) is 0 Å². The minimum atomic E-state index is -0.795. The van der Waals surface area contributed by atoms with Gasteiger partial charge in [0.05, 0.1) is 13.2 Å². The third-order valence-electron chi connectivity index (χ3n) is 2.50. The molecule has 1 fully saturated rings. The first-order valence-corrected chi connectivity index (χ1v) is 6.64. The topological polar surface area (TPSA) is 49.8 Å². The molecule has 88 valence electrons. The van der Waals surface area contributed by atoms with Crippen LogP contribution in [0.3, 0.4) is 0 Å². The molecule has 2 heterocycles. The van der Waals surface area contributed by atoms with Crippen LogP contribution in [0.1, 0.15) is 10.9 Å². The van der Waals surface area contributed by atoms with Crippen LogP contribution in [0.4, 0.5) is 0 Å². The van der Waals surface area contributed by atoms with Gasteiger partial charge in [0.2, 0.25) is 0 Å². The zero-order chi connectivity index (χ0) is 11.5. The minimum absolute atomic E-state index is 0.541. The van der Waals surface area contributed by atoms with Crippen molar-refractivity contribution in [1.29, 1.82) is 0 Å². The van der Waals surface area contributed by atoms with Gasteiger partial charge in [0.1, 0.15) is 6.04 Å². The fourth-order valence-electron chi connectivity index (χ4n) is 1.77. The van der Waals surface area contributed by atoms with Crippen LogP contribution >= 0.6 is 27.3 Å². The first kappa shape index (κ1) is 12.0. The van der Waals surface area contributed by atoms with E-state index in [9.17, 15) is 9.90 Å². The summed E-state index contributed by atoms with van der Waals surface area (Å²) in [5.41, 5.74) is 0. The van der Waals surface area contributed by atoms with Crippen LogP contribution in [0.5, 0.6) is 0 Å². The van der Waals surface area contributed by atoms with Gasteiger partial charge in [-0.1, -0.05) is 0 Å². The van der Waals surface area contributed by atoms with Crippen molar-refractivity contribution in [3.8, 4) is 0 Å². The number of morpholine rings is 1. The largest absolute Gasteiger partial charge is 0.480 e. The Morgan fingerprint density at radius 1 is 1.56 bits per heavy atom. The minimum Gasteiger partial charge on any atom is -0.480 e. The molecule has 1 aromatic heterocycles. The summed E-state index contributed by atoms with van der Waals surface area (Å²) in [5.74, 6) is -0.795. The van der Waals surface area contributed by atoms with Crippen LogP contribution in [0.15, 0.2) is 15.9 Å². The zero-order valence-electron chi connectivity index (χ0n) is 8.56. The molecule has 0 bridgehead atoms. The number of hydrogen-bond acceptors (Lipinski definition) is 4. The average Bonchev–Trinajstić information content (AvgIpc) is 2.66. The number of carbonyl (C=O) groups is 1. The number of carboxylic acids is 1. The van der Waals surface area contributed by atoms with Crippen LogP contribution in [0.2, 0.25) is 0 Å². The fraction of sp³-hybridized carbons (Fsp3) is 0.500. The standard InChI is InChI=1S/C10H12BrNO3S/c11-7-5-8(16-6-7)9(10(13)14)12-1-3-15-4-2-12/h5-6,9H,1-4H2,(H,13,14). The van der Waals surface area contributed by atoms with Gasteiger partial charge in [0, 0.05) is 27.8 Å². The third kappa shape index (κ3) is 2.63. The van der Waals surface area contributed by atoms with E-state index in [1.54, 1.807) is 0 Å². The Kier molecular flexibility index (Phi) is 3.96. The summed E-state index contributed by atoms with van der Waals surface area (Å²) < 4.78 is 6.17. The third-order valence-corrected chi connectivity index (χ3v) is 4.25. The molecule has 2 rings (SSSR count). The summed E-state index contributed by atoms with van der Waals surface area (Å²) >= 11 is 4.82. The van der Waals surface area contributed by atoms with Crippen molar-refractivity contribution in [3.05, 3.63) is 20.8 Å². The maximum absolute atomic E-state index is 11.3. The van der Waals surface area contributed by atoms with E-state index >= 15 is 0 Å². The Morgan fingerprint density at radius 3 is 2.75 bits per heavy atom. The second-order valence-electron chi connectivity index (χ2n) is 3.56. The van der Waals surface area contributed by atoms with E-state index in [-0.39, 0.29) is 0 Å². The second kappa shape index (κ2) is 5.27. The van der Waals surface area contributed by atoms with Crippen molar-refractivity contribution in [1.82, 2.24) is 4.90 Å². The second-order valence-corrected chi connectivity index (χ2v) is 5.41. The van der Waals surface area contributed by atoms with E-state index in [0.717, 1.165) is 9.35 Å². The number of nitrogens with zero attached hydrogens (tertiary/aromatic N) is 1. The molecule has 1 N–H and O–H groups in total. The van der Waals surface area contributed by atoms with Crippen molar-refractivity contribution in [2.75, 3.05) is 26.3 Å². The molecule has 1 aliphatic rings. The Hall–Kier alpha value is -0.430. The first-order valence-electron chi connectivity index (χ1n) is 4.97. The molecule has 0 spiro atoms. The predicted molar refractivity (Wildman–Crippen MR) is 64.8 cm³/mol. The molecule has 16 heavy (non-hydrogen) atoms. The molecule has 0 amide bonds. The van der Waals surface area contributed by atoms with Gasteiger partial charge < -0.3 is 9.84 Å². The van der Waals surface area contributed by atoms with E-state index in [1.807, 2.05) is 16.3 Å². The Balaban J connectivity index is 2.19. The van der Waals surface area contributed by atoms with Gasteiger partial charge in [-0.25, -0.2) is 0 Å². The Labute approximate surface area is 106 Å². The summed E-state index contributed by atoms with van der Waals surface area (Å²) in [7, 11) is 0. The molecule has 1 saturated heterocycles. The quantitative estimate of drug-likeness (QED) is 0.927. The molecular formula is C10H12BrNO3S. The maximum atomic E-state index is 11.3. The van der Waals surface area contributed by atoms with E-state index in [1.165, 1.54) is 11.3 Å². The lowest BCUT2D eigenvalue weighted by atomic mass is 10.2. The molecule has 0 saturated carbocycles. The lowest BCUT2D eigenvalue weighted by molar-refractivity contribution is -0.145. The van der Waals surface area contributed by atoms with Gasteiger partial charge >= 0.3 is 5.97 Å². The van der Waals surface area contributed by atoms with E-state index in [2.05, 4.69) is 15.9 Å². The van der Waals surface area contributed by atoms with Crippen molar-refractivity contribution < 1.29 is 14.6 Å². The van der Waals surface area contributed by atoms with Crippen molar-refractivity contribution in [3.63, 3.8) is 0 Å². The molecule has 0 radical (unpaired) electrons.